The molecule has 2 aromatic rings. The minimum Gasteiger partial charge on any atom is -0.436 e. The first-order chi connectivity index (χ1) is 7.65. The summed E-state index contributed by atoms with van der Waals surface area (Å²) in [4.78, 5) is 7.34. The maximum absolute atomic E-state index is 13.2. The fourth-order valence-corrected chi connectivity index (χ4v) is 1.19. The van der Waals surface area contributed by atoms with E-state index in [0.29, 0.717) is 0 Å². The molecule has 6 heteroatoms. The number of nitrogens with zero attached hydrogens (tertiary/aromatic N) is 2. The highest BCUT2D eigenvalue weighted by Gasteiger charge is 2.07. The molecule has 0 aliphatic carbocycles. The van der Waals surface area contributed by atoms with Crippen molar-refractivity contribution in [1.82, 2.24) is 9.97 Å². The van der Waals surface area contributed by atoms with Gasteiger partial charge in [0.05, 0.1) is 0 Å². The van der Waals surface area contributed by atoms with Crippen LogP contribution in [0.5, 0.6) is 11.6 Å². The molecule has 82 valence electrons. The van der Waals surface area contributed by atoms with E-state index >= 15 is 0 Å². The quantitative estimate of drug-likeness (QED) is 0.759. The average Bonchev–Trinajstić information content (AvgIpc) is 2.22. The zero-order chi connectivity index (χ0) is 11.5. The second-order valence-corrected chi connectivity index (χ2v) is 3.18. The molecule has 0 radical (unpaired) electrons. The van der Waals surface area contributed by atoms with Crippen LogP contribution in [0.2, 0.25) is 5.28 Å². The molecule has 0 saturated carbocycles. The Bertz CT molecular complexity index is 522. The number of rotatable bonds is 2. The third-order valence-electron chi connectivity index (χ3n) is 1.71. The van der Waals surface area contributed by atoms with Crippen LogP contribution in [-0.2, 0) is 0 Å². The summed E-state index contributed by atoms with van der Waals surface area (Å²) >= 11 is 5.52. The summed E-state index contributed by atoms with van der Waals surface area (Å²) < 4.78 is 30.9. The number of halogens is 3. The molecule has 0 saturated heterocycles. The molecule has 0 aliphatic heterocycles. The molecular weight excluding hydrogens is 238 g/mol. The van der Waals surface area contributed by atoms with Crippen LogP contribution < -0.4 is 4.74 Å². The molecule has 1 aromatic heterocycles. The Morgan fingerprint density at radius 1 is 1.19 bits per heavy atom. The van der Waals surface area contributed by atoms with Gasteiger partial charge in [0.15, 0.2) is 11.6 Å². The lowest BCUT2D eigenvalue weighted by Crippen LogP contribution is -1.92. The van der Waals surface area contributed by atoms with E-state index in [9.17, 15) is 8.78 Å². The van der Waals surface area contributed by atoms with Gasteiger partial charge >= 0.3 is 0 Å². The van der Waals surface area contributed by atoms with Gasteiger partial charge in [-0.15, -0.1) is 0 Å². The van der Waals surface area contributed by atoms with Gasteiger partial charge in [0.25, 0.3) is 0 Å². The highest BCUT2D eigenvalue weighted by Crippen LogP contribution is 2.23. The van der Waals surface area contributed by atoms with Crippen molar-refractivity contribution in [3.05, 3.63) is 47.4 Å². The first kappa shape index (κ1) is 10.8. The Labute approximate surface area is 94.7 Å². The van der Waals surface area contributed by atoms with Crippen LogP contribution in [0.15, 0.2) is 30.5 Å². The van der Waals surface area contributed by atoms with E-state index in [4.69, 9.17) is 16.3 Å². The van der Waals surface area contributed by atoms with Crippen LogP contribution in [0, 0.1) is 11.6 Å². The van der Waals surface area contributed by atoms with Gasteiger partial charge in [0.2, 0.25) is 11.2 Å². The predicted molar refractivity (Wildman–Crippen MR) is 53.5 cm³/mol. The summed E-state index contributed by atoms with van der Waals surface area (Å²) in [6.45, 7) is 0. The van der Waals surface area contributed by atoms with Gasteiger partial charge in [-0.05, 0) is 23.7 Å². The zero-order valence-electron chi connectivity index (χ0n) is 7.82. The van der Waals surface area contributed by atoms with E-state index in [1.54, 1.807) is 0 Å². The normalized spacial score (nSPS) is 10.2. The van der Waals surface area contributed by atoms with Crippen molar-refractivity contribution in [2.45, 2.75) is 0 Å². The van der Waals surface area contributed by atoms with Crippen LogP contribution >= 0.6 is 11.6 Å². The van der Waals surface area contributed by atoms with Gasteiger partial charge in [-0.1, -0.05) is 0 Å². The molecule has 0 unspecified atom stereocenters. The first-order valence-corrected chi connectivity index (χ1v) is 4.64. The predicted octanol–water partition coefficient (Wildman–Crippen LogP) is 3.20. The summed E-state index contributed by atoms with van der Waals surface area (Å²) in [6, 6.07) is 4.38. The van der Waals surface area contributed by atoms with Gasteiger partial charge < -0.3 is 4.74 Å². The highest BCUT2D eigenvalue weighted by molar-refractivity contribution is 6.28. The average molecular weight is 243 g/mol. The lowest BCUT2D eigenvalue weighted by Gasteiger charge is -2.05. The van der Waals surface area contributed by atoms with Crippen molar-refractivity contribution in [1.29, 1.82) is 0 Å². The maximum Gasteiger partial charge on any atom is 0.225 e. The molecule has 0 amide bonds. The van der Waals surface area contributed by atoms with Crippen LogP contribution in [0.1, 0.15) is 0 Å². The van der Waals surface area contributed by atoms with Crippen molar-refractivity contribution in [3.8, 4) is 11.6 Å². The third-order valence-corrected chi connectivity index (χ3v) is 1.89. The smallest absolute Gasteiger partial charge is 0.225 e. The number of aromatic nitrogens is 2. The van der Waals surface area contributed by atoms with Crippen LogP contribution in [-0.4, -0.2) is 9.97 Å². The lowest BCUT2D eigenvalue weighted by atomic mass is 10.3. The lowest BCUT2D eigenvalue weighted by molar-refractivity contribution is 0.423. The van der Waals surface area contributed by atoms with Crippen molar-refractivity contribution in [3.63, 3.8) is 0 Å². The molecule has 3 nitrogen and oxygen atoms in total. The molecule has 0 N–H and O–H groups in total. The summed E-state index contributed by atoms with van der Waals surface area (Å²) in [5.41, 5.74) is 0. The van der Waals surface area contributed by atoms with Crippen LogP contribution in [0.4, 0.5) is 8.78 Å². The Hall–Kier alpha value is -1.75. The van der Waals surface area contributed by atoms with Crippen LogP contribution in [0.25, 0.3) is 0 Å². The van der Waals surface area contributed by atoms with E-state index in [1.165, 1.54) is 18.3 Å². The van der Waals surface area contributed by atoms with Gasteiger partial charge in [0, 0.05) is 18.3 Å². The fourth-order valence-electron chi connectivity index (χ4n) is 1.05. The van der Waals surface area contributed by atoms with E-state index in [2.05, 4.69) is 9.97 Å². The largest absolute Gasteiger partial charge is 0.436 e. The molecule has 1 aromatic carbocycles. The van der Waals surface area contributed by atoms with E-state index < -0.39 is 11.6 Å². The van der Waals surface area contributed by atoms with Crippen molar-refractivity contribution >= 4 is 11.6 Å². The second kappa shape index (κ2) is 4.40. The van der Waals surface area contributed by atoms with Crippen molar-refractivity contribution in [2.75, 3.05) is 0 Å². The monoisotopic (exact) mass is 242 g/mol. The molecule has 0 atom stereocenters. The molecule has 0 fully saturated rings. The topological polar surface area (TPSA) is 35.0 Å². The summed E-state index contributed by atoms with van der Waals surface area (Å²) in [5.74, 6) is -1.53. The molecule has 0 bridgehead atoms. The SMILES string of the molecule is Fc1ccc(Oc2ccnc(Cl)n2)c(F)c1. The van der Waals surface area contributed by atoms with E-state index in [1.807, 2.05) is 0 Å². The summed E-state index contributed by atoms with van der Waals surface area (Å²) in [6.07, 6.45) is 1.37. The Morgan fingerprint density at radius 2 is 2.00 bits per heavy atom. The fraction of sp³-hybridized carbons (Fsp3) is 0. The van der Waals surface area contributed by atoms with Gasteiger partial charge in [0.1, 0.15) is 5.82 Å². The first-order valence-electron chi connectivity index (χ1n) is 4.26. The molecule has 1 heterocycles. The van der Waals surface area contributed by atoms with E-state index in [0.717, 1.165) is 12.1 Å². The van der Waals surface area contributed by atoms with Crippen molar-refractivity contribution in [2.24, 2.45) is 0 Å². The van der Waals surface area contributed by atoms with Gasteiger partial charge in [-0.3, -0.25) is 0 Å². The number of hydrogen-bond acceptors (Lipinski definition) is 3. The molecule has 2 rings (SSSR count). The van der Waals surface area contributed by atoms with Gasteiger partial charge in [-0.25, -0.2) is 13.8 Å². The standard InChI is InChI=1S/C10H5ClF2N2O/c11-10-14-4-3-9(15-10)16-8-2-1-6(12)5-7(8)13/h1-5H. The minimum absolute atomic E-state index is 0.0139. The van der Waals surface area contributed by atoms with Crippen molar-refractivity contribution < 1.29 is 13.5 Å². The summed E-state index contributed by atoms with van der Waals surface area (Å²) in [7, 11) is 0. The third kappa shape index (κ3) is 2.43. The minimum atomic E-state index is -0.810. The molecular formula is C10H5ClF2N2O. The highest BCUT2D eigenvalue weighted by atomic mass is 35.5. The van der Waals surface area contributed by atoms with Gasteiger partial charge in [-0.2, -0.15) is 4.98 Å². The van der Waals surface area contributed by atoms with E-state index in [-0.39, 0.29) is 16.9 Å². The number of hydrogen-bond donors (Lipinski definition) is 0. The zero-order valence-corrected chi connectivity index (χ0v) is 8.58. The summed E-state index contributed by atoms with van der Waals surface area (Å²) in [5, 5.41) is -0.0139. The Morgan fingerprint density at radius 3 is 2.69 bits per heavy atom. The van der Waals surface area contributed by atoms with Crippen LogP contribution in [0.3, 0.4) is 0 Å². The molecule has 16 heavy (non-hydrogen) atoms. The number of ether oxygens (including phenoxy) is 1. The number of benzene rings is 1. The Balaban J connectivity index is 2.27. The molecule has 0 spiro atoms. The Kier molecular flexibility index (Phi) is 2.96. The maximum atomic E-state index is 13.2. The second-order valence-electron chi connectivity index (χ2n) is 2.84. The molecule has 0 aliphatic rings.